The molecule has 0 atom stereocenters. The normalized spacial score (nSPS) is 10.9. The van der Waals surface area contributed by atoms with Crippen molar-refractivity contribution in [2.75, 3.05) is 0 Å². The van der Waals surface area contributed by atoms with Crippen LogP contribution in [0.15, 0.2) is 54.6 Å². The number of rotatable bonds is 2. The van der Waals surface area contributed by atoms with E-state index in [9.17, 15) is 0 Å². The van der Waals surface area contributed by atoms with E-state index in [-0.39, 0.29) is 0 Å². The Labute approximate surface area is 148 Å². The van der Waals surface area contributed by atoms with Gasteiger partial charge in [0.2, 0.25) is 0 Å². The molecule has 0 unspecified atom stereocenters. The topological polar surface area (TPSA) is 0 Å². The number of hydrogen-bond acceptors (Lipinski definition) is 0. The number of aryl methyl sites for hydroxylation is 4. The van der Waals surface area contributed by atoms with Gasteiger partial charge < -0.3 is 0 Å². The maximum atomic E-state index is 2.27. The minimum absolute atomic E-state index is 1.34. The van der Waals surface area contributed by atoms with Crippen LogP contribution in [-0.4, -0.2) is 17.7 Å². The second-order valence-electron chi connectivity index (χ2n) is 6.53. The first-order valence-corrected chi connectivity index (χ1v) is 8.23. The molecule has 3 rings (SSSR count). The zero-order valence-corrected chi connectivity index (χ0v) is 14.7. The van der Waals surface area contributed by atoms with Crippen LogP contribution >= 0.6 is 0 Å². The third-order valence-corrected chi connectivity index (χ3v) is 4.75. The van der Waals surface area contributed by atoms with E-state index in [1.807, 2.05) is 0 Å². The van der Waals surface area contributed by atoms with Crippen molar-refractivity contribution < 1.29 is 0 Å². The van der Waals surface area contributed by atoms with Gasteiger partial charge in [-0.25, -0.2) is 0 Å². The van der Waals surface area contributed by atoms with Crippen molar-refractivity contribution >= 4 is 22.0 Å². The molecule has 0 saturated carbocycles. The van der Waals surface area contributed by atoms with Gasteiger partial charge in [-0.2, -0.15) is 0 Å². The Morgan fingerprint density at radius 3 is 1.48 bits per heavy atom. The molecule has 0 aromatic heterocycles. The molecule has 0 N–H and O–H groups in total. The molecule has 23 heavy (non-hydrogen) atoms. The van der Waals surface area contributed by atoms with Crippen molar-refractivity contribution in [3.05, 3.63) is 76.9 Å². The molecule has 0 aliphatic rings. The Bertz CT molecular complexity index is 835. The molecule has 3 aromatic carbocycles. The van der Waals surface area contributed by atoms with Crippen molar-refractivity contribution in [3.8, 4) is 22.3 Å². The van der Waals surface area contributed by atoms with Crippen LogP contribution in [0, 0.1) is 27.7 Å². The molecular formula is C22H21Li. The number of hydrogen-bond donors (Lipinski definition) is 0. The Kier molecular flexibility index (Phi) is 4.49. The third kappa shape index (κ3) is 2.90. The van der Waals surface area contributed by atoms with Crippen molar-refractivity contribution in [1.29, 1.82) is 0 Å². The predicted molar refractivity (Wildman–Crippen MR) is 102 cm³/mol. The summed E-state index contributed by atoms with van der Waals surface area (Å²) in [7, 11) is 0. The van der Waals surface area contributed by atoms with Crippen molar-refractivity contribution in [2.45, 2.75) is 27.7 Å². The Balaban J connectivity index is 2.40. The van der Waals surface area contributed by atoms with Gasteiger partial charge in [0.25, 0.3) is 0 Å². The van der Waals surface area contributed by atoms with Gasteiger partial charge in [-0.3, -0.25) is 0 Å². The summed E-state index contributed by atoms with van der Waals surface area (Å²) in [6.07, 6.45) is 0. The van der Waals surface area contributed by atoms with Crippen LogP contribution in [0.3, 0.4) is 0 Å². The SMILES string of the molecule is [Li][c]1cccc(-c2c(C)cccc2C)c1-c1c(C)cccc1C. The summed E-state index contributed by atoms with van der Waals surface area (Å²) in [5.41, 5.74) is 10.8. The molecule has 0 aliphatic carbocycles. The van der Waals surface area contributed by atoms with E-state index in [4.69, 9.17) is 0 Å². The molecule has 0 spiro atoms. The summed E-state index contributed by atoms with van der Waals surface area (Å²) in [5, 5.41) is 0. The van der Waals surface area contributed by atoms with Crippen LogP contribution in [0.25, 0.3) is 22.3 Å². The van der Waals surface area contributed by atoms with Gasteiger partial charge in [0.1, 0.15) is 0 Å². The van der Waals surface area contributed by atoms with E-state index in [2.05, 4.69) is 100 Å². The monoisotopic (exact) mass is 292 g/mol. The maximum absolute atomic E-state index is 2.27. The van der Waals surface area contributed by atoms with Crippen molar-refractivity contribution in [1.82, 2.24) is 0 Å². The molecular weight excluding hydrogens is 271 g/mol. The third-order valence-electron chi connectivity index (χ3n) is 4.75. The van der Waals surface area contributed by atoms with Gasteiger partial charge >= 0.3 is 149 Å². The van der Waals surface area contributed by atoms with Gasteiger partial charge in [-0.05, 0) is 0 Å². The standard InChI is InChI=1S/C22H21.Li/c1-15-9-7-10-16(2)21(15)19-13-5-6-14-20(19)22-17(3)11-8-12-18(22)4;/h5-13H,1-4H3;. The summed E-state index contributed by atoms with van der Waals surface area (Å²) in [4.78, 5) is 0. The Morgan fingerprint density at radius 2 is 0.957 bits per heavy atom. The molecule has 0 aliphatic heterocycles. The van der Waals surface area contributed by atoms with Gasteiger partial charge in [0.05, 0.1) is 0 Å². The Hall–Kier alpha value is -1.74. The van der Waals surface area contributed by atoms with Crippen molar-refractivity contribution in [2.24, 2.45) is 0 Å². The molecule has 0 amide bonds. The van der Waals surface area contributed by atoms with Crippen LogP contribution in [0.4, 0.5) is 0 Å². The van der Waals surface area contributed by atoms with E-state index in [1.54, 1.807) is 0 Å². The van der Waals surface area contributed by atoms with Crippen LogP contribution in [0.1, 0.15) is 22.3 Å². The van der Waals surface area contributed by atoms with Gasteiger partial charge in [-0.15, -0.1) is 0 Å². The van der Waals surface area contributed by atoms with E-state index in [0.717, 1.165) is 0 Å². The summed E-state index contributed by atoms with van der Waals surface area (Å²) in [5.74, 6) is 0. The molecule has 0 heterocycles. The average molecular weight is 292 g/mol. The molecule has 0 bridgehead atoms. The minimum atomic E-state index is 1.34. The first-order valence-electron chi connectivity index (χ1n) is 8.23. The molecule has 1 heteroatoms. The van der Waals surface area contributed by atoms with E-state index in [1.165, 1.54) is 48.7 Å². The van der Waals surface area contributed by atoms with Crippen LogP contribution < -0.4 is 4.24 Å². The van der Waals surface area contributed by atoms with Gasteiger partial charge in [-0.1, -0.05) is 0 Å². The first-order chi connectivity index (χ1) is 11.0. The number of benzene rings is 3. The molecule has 3 aromatic rings. The fourth-order valence-corrected chi connectivity index (χ4v) is 3.66. The quantitative estimate of drug-likeness (QED) is 0.580. The summed E-state index contributed by atoms with van der Waals surface area (Å²) in [6, 6.07) is 19.8. The predicted octanol–water partition coefficient (Wildman–Crippen LogP) is 5.05. The van der Waals surface area contributed by atoms with Gasteiger partial charge in [0, 0.05) is 0 Å². The van der Waals surface area contributed by atoms with Crippen LogP contribution in [0.2, 0.25) is 0 Å². The van der Waals surface area contributed by atoms with E-state index < -0.39 is 0 Å². The van der Waals surface area contributed by atoms with Crippen LogP contribution in [-0.2, 0) is 0 Å². The summed E-state index contributed by atoms with van der Waals surface area (Å²) < 4.78 is 1.34. The summed E-state index contributed by atoms with van der Waals surface area (Å²) in [6.45, 7) is 8.84. The van der Waals surface area contributed by atoms with E-state index in [0.29, 0.717) is 0 Å². The molecule has 0 nitrogen and oxygen atoms in total. The fourth-order valence-electron chi connectivity index (χ4n) is 3.66. The molecule has 110 valence electrons. The first kappa shape index (κ1) is 16.1. The molecule has 0 radical (unpaired) electrons. The van der Waals surface area contributed by atoms with E-state index >= 15 is 0 Å². The molecule has 0 fully saturated rings. The van der Waals surface area contributed by atoms with Gasteiger partial charge in [0.15, 0.2) is 0 Å². The Morgan fingerprint density at radius 1 is 0.522 bits per heavy atom. The average Bonchev–Trinajstić information content (AvgIpc) is 2.49. The molecule has 0 saturated heterocycles. The van der Waals surface area contributed by atoms with Crippen LogP contribution in [0.5, 0.6) is 0 Å². The zero-order valence-electron chi connectivity index (χ0n) is 14.7. The fraction of sp³-hybridized carbons (Fsp3) is 0.182. The van der Waals surface area contributed by atoms with Crippen molar-refractivity contribution in [3.63, 3.8) is 0 Å². The zero-order chi connectivity index (χ0) is 16.6. The second kappa shape index (κ2) is 6.40. The second-order valence-corrected chi connectivity index (χ2v) is 6.53. The summed E-state index contributed by atoms with van der Waals surface area (Å²) >= 11 is 2.22.